The van der Waals surface area contributed by atoms with Gasteiger partial charge in [-0.25, -0.2) is 9.18 Å². The van der Waals surface area contributed by atoms with Gasteiger partial charge in [0.2, 0.25) is 5.91 Å². The van der Waals surface area contributed by atoms with Gasteiger partial charge in [0.1, 0.15) is 17.5 Å². The first-order valence-electron chi connectivity index (χ1n) is 7.63. The minimum Gasteiger partial charge on any atom is -0.444 e. The SMILES string of the molecule is Cc1cc(N2CCC(N(C)C(=O)OC(C)(C)C)C2=O)ccc1F. The number of benzene rings is 1. The van der Waals surface area contributed by atoms with Crippen molar-refractivity contribution in [3.05, 3.63) is 29.6 Å². The number of aryl methyl sites for hydroxylation is 1. The van der Waals surface area contributed by atoms with E-state index < -0.39 is 17.7 Å². The van der Waals surface area contributed by atoms with E-state index in [0.29, 0.717) is 24.2 Å². The predicted molar refractivity (Wildman–Crippen MR) is 85.9 cm³/mol. The first-order chi connectivity index (χ1) is 10.6. The second kappa shape index (κ2) is 6.18. The van der Waals surface area contributed by atoms with E-state index in [1.807, 2.05) is 0 Å². The highest BCUT2D eigenvalue weighted by Gasteiger charge is 2.38. The fraction of sp³-hybridized carbons (Fsp3) is 0.529. The molecular weight excluding hydrogens is 299 g/mol. The normalized spacial score (nSPS) is 18.3. The summed E-state index contributed by atoms with van der Waals surface area (Å²) in [6.45, 7) is 7.49. The summed E-state index contributed by atoms with van der Waals surface area (Å²) in [4.78, 5) is 27.6. The van der Waals surface area contributed by atoms with Gasteiger partial charge >= 0.3 is 6.09 Å². The fourth-order valence-electron chi connectivity index (χ4n) is 2.54. The van der Waals surface area contributed by atoms with Crippen LogP contribution in [0.5, 0.6) is 0 Å². The van der Waals surface area contributed by atoms with E-state index in [9.17, 15) is 14.0 Å². The summed E-state index contributed by atoms with van der Waals surface area (Å²) in [7, 11) is 1.57. The molecule has 0 aliphatic carbocycles. The summed E-state index contributed by atoms with van der Waals surface area (Å²) in [5, 5.41) is 0. The first kappa shape index (κ1) is 17.2. The molecule has 0 radical (unpaired) electrons. The van der Waals surface area contributed by atoms with E-state index in [1.54, 1.807) is 51.8 Å². The fourth-order valence-corrected chi connectivity index (χ4v) is 2.54. The molecule has 0 bridgehead atoms. The number of halogens is 1. The maximum atomic E-state index is 13.4. The molecule has 2 amide bonds. The highest BCUT2D eigenvalue weighted by molar-refractivity contribution is 6.00. The Kier molecular flexibility index (Phi) is 4.63. The number of likely N-dealkylation sites (N-methyl/N-ethyl adjacent to an activating group) is 1. The molecule has 6 heteroatoms. The quantitative estimate of drug-likeness (QED) is 0.840. The van der Waals surface area contributed by atoms with Crippen LogP contribution in [0.25, 0.3) is 0 Å². The third-order valence-corrected chi connectivity index (χ3v) is 3.78. The van der Waals surface area contributed by atoms with Crippen molar-refractivity contribution in [3.63, 3.8) is 0 Å². The lowest BCUT2D eigenvalue weighted by Crippen LogP contribution is -2.45. The third-order valence-electron chi connectivity index (χ3n) is 3.78. The van der Waals surface area contributed by atoms with Crippen molar-refractivity contribution in [2.45, 2.75) is 45.8 Å². The van der Waals surface area contributed by atoms with Crippen LogP contribution in [0, 0.1) is 12.7 Å². The van der Waals surface area contributed by atoms with E-state index in [1.165, 1.54) is 11.0 Å². The minimum atomic E-state index is -0.610. The van der Waals surface area contributed by atoms with Gasteiger partial charge in [0, 0.05) is 19.3 Å². The monoisotopic (exact) mass is 322 g/mol. The summed E-state index contributed by atoms with van der Waals surface area (Å²) >= 11 is 0. The summed E-state index contributed by atoms with van der Waals surface area (Å²) in [5.74, 6) is -0.479. The topological polar surface area (TPSA) is 49.9 Å². The third kappa shape index (κ3) is 3.81. The Morgan fingerprint density at radius 3 is 2.61 bits per heavy atom. The Bertz CT molecular complexity index is 625. The lowest BCUT2D eigenvalue weighted by atomic mass is 10.2. The van der Waals surface area contributed by atoms with Crippen molar-refractivity contribution >= 4 is 17.7 Å². The average Bonchev–Trinajstić information content (AvgIpc) is 2.81. The van der Waals surface area contributed by atoms with Crippen molar-refractivity contribution in [3.8, 4) is 0 Å². The van der Waals surface area contributed by atoms with Gasteiger partial charge in [0.15, 0.2) is 0 Å². The number of ether oxygens (including phenoxy) is 1. The van der Waals surface area contributed by atoms with Crippen LogP contribution >= 0.6 is 0 Å². The smallest absolute Gasteiger partial charge is 0.410 e. The van der Waals surface area contributed by atoms with Gasteiger partial charge in [0.25, 0.3) is 0 Å². The zero-order valence-electron chi connectivity index (χ0n) is 14.2. The van der Waals surface area contributed by atoms with E-state index in [-0.39, 0.29) is 11.7 Å². The van der Waals surface area contributed by atoms with Crippen LogP contribution in [0.2, 0.25) is 0 Å². The molecule has 1 aliphatic rings. The molecule has 0 spiro atoms. The Morgan fingerprint density at radius 1 is 1.39 bits per heavy atom. The van der Waals surface area contributed by atoms with E-state index in [0.717, 1.165) is 0 Å². The van der Waals surface area contributed by atoms with E-state index in [2.05, 4.69) is 0 Å². The summed E-state index contributed by atoms with van der Waals surface area (Å²) < 4.78 is 18.7. The van der Waals surface area contributed by atoms with Crippen LogP contribution < -0.4 is 4.90 Å². The lowest BCUT2D eigenvalue weighted by molar-refractivity contribution is -0.121. The molecule has 1 aliphatic heterocycles. The van der Waals surface area contributed by atoms with Crippen molar-refractivity contribution in [2.75, 3.05) is 18.5 Å². The van der Waals surface area contributed by atoms with Crippen LogP contribution in [-0.4, -0.2) is 42.1 Å². The standard InChI is InChI=1S/C17H23FN2O3/c1-11-10-12(6-7-13(11)18)20-9-8-14(15(20)21)19(5)16(22)23-17(2,3)4/h6-7,10,14H,8-9H2,1-5H3. The second-order valence-electron chi connectivity index (χ2n) is 6.82. The summed E-state index contributed by atoms with van der Waals surface area (Å²) in [6.07, 6.45) is -0.00153. The molecule has 0 saturated carbocycles. The molecule has 0 aromatic heterocycles. The predicted octanol–water partition coefficient (Wildman–Crippen LogP) is 3.11. The molecule has 1 atom stereocenters. The molecule has 23 heavy (non-hydrogen) atoms. The van der Waals surface area contributed by atoms with Gasteiger partial charge in [-0.3, -0.25) is 9.69 Å². The highest BCUT2D eigenvalue weighted by atomic mass is 19.1. The maximum absolute atomic E-state index is 13.4. The first-order valence-corrected chi connectivity index (χ1v) is 7.63. The molecule has 126 valence electrons. The number of rotatable bonds is 2. The van der Waals surface area contributed by atoms with Crippen LogP contribution in [0.15, 0.2) is 18.2 Å². The zero-order valence-corrected chi connectivity index (χ0v) is 14.2. The van der Waals surface area contributed by atoms with Gasteiger partial charge in [-0.15, -0.1) is 0 Å². The molecule has 1 fully saturated rings. The van der Waals surface area contributed by atoms with Crippen LogP contribution in [0.3, 0.4) is 0 Å². The molecule has 1 saturated heterocycles. The molecule has 1 unspecified atom stereocenters. The van der Waals surface area contributed by atoms with Gasteiger partial charge in [-0.1, -0.05) is 0 Å². The minimum absolute atomic E-state index is 0.177. The molecule has 1 aromatic carbocycles. The van der Waals surface area contributed by atoms with Crippen LogP contribution in [0.1, 0.15) is 32.8 Å². The second-order valence-corrected chi connectivity index (χ2v) is 6.82. The molecule has 0 N–H and O–H groups in total. The number of carbonyl (C=O) groups excluding carboxylic acids is 2. The Hall–Kier alpha value is -2.11. The molecule has 5 nitrogen and oxygen atoms in total. The van der Waals surface area contributed by atoms with E-state index in [4.69, 9.17) is 4.74 Å². The molecular formula is C17H23FN2O3. The molecule has 1 aromatic rings. The Labute approximate surface area is 136 Å². The maximum Gasteiger partial charge on any atom is 0.410 e. The van der Waals surface area contributed by atoms with Gasteiger partial charge in [0.05, 0.1) is 0 Å². The van der Waals surface area contributed by atoms with Crippen molar-refractivity contribution in [2.24, 2.45) is 0 Å². The lowest BCUT2D eigenvalue weighted by Gasteiger charge is -2.28. The summed E-state index contributed by atoms with van der Waals surface area (Å²) in [5.41, 5.74) is 0.522. The van der Waals surface area contributed by atoms with Crippen LogP contribution in [0.4, 0.5) is 14.9 Å². The van der Waals surface area contributed by atoms with Crippen molar-refractivity contribution in [1.29, 1.82) is 0 Å². The number of hydrogen-bond acceptors (Lipinski definition) is 3. The van der Waals surface area contributed by atoms with E-state index >= 15 is 0 Å². The largest absolute Gasteiger partial charge is 0.444 e. The van der Waals surface area contributed by atoms with Gasteiger partial charge in [-0.2, -0.15) is 0 Å². The number of nitrogens with zero attached hydrogens (tertiary/aromatic N) is 2. The van der Waals surface area contributed by atoms with Gasteiger partial charge in [-0.05, 0) is 57.9 Å². The molecule has 1 heterocycles. The molecule has 2 rings (SSSR count). The van der Waals surface area contributed by atoms with Crippen LogP contribution in [-0.2, 0) is 9.53 Å². The number of anilines is 1. The van der Waals surface area contributed by atoms with Crippen molar-refractivity contribution in [1.82, 2.24) is 4.90 Å². The Morgan fingerprint density at radius 2 is 2.04 bits per heavy atom. The van der Waals surface area contributed by atoms with Gasteiger partial charge < -0.3 is 9.64 Å². The number of carbonyl (C=O) groups is 2. The highest BCUT2D eigenvalue weighted by Crippen LogP contribution is 2.26. The summed E-state index contributed by atoms with van der Waals surface area (Å²) in [6, 6.07) is 4.01. The number of hydrogen-bond donors (Lipinski definition) is 0. The zero-order chi connectivity index (χ0) is 17.4. The Balaban J connectivity index is 2.12. The van der Waals surface area contributed by atoms with Crippen molar-refractivity contribution < 1.29 is 18.7 Å². The number of amides is 2. The average molecular weight is 322 g/mol.